The third-order valence-corrected chi connectivity index (χ3v) is 4.52. The van der Waals surface area contributed by atoms with E-state index in [1.165, 1.54) is 11.6 Å². The molecule has 0 bridgehead atoms. The number of pyridine rings is 1. The molecule has 0 amide bonds. The van der Waals surface area contributed by atoms with Crippen molar-refractivity contribution in [2.75, 3.05) is 0 Å². The highest BCUT2D eigenvalue weighted by Crippen LogP contribution is 2.41. The first kappa shape index (κ1) is 13.1. The lowest BCUT2D eigenvalue weighted by molar-refractivity contribution is 0.608. The SMILES string of the molecule is C=C(N)c1nc2cc(F)c(C)c3c2c(c1C)C(C)CC3. The summed E-state index contributed by atoms with van der Waals surface area (Å²) in [6.07, 6.45) is 1.95. The van der Waals surface area contributed by atoms with E-state index in [1.54, 1.807) is 0 Å². The molecule has 1 unspecified atom stereocenters. The molecule has 1 aromatic heterocycles. The van der Waals surface area contributed by atoms with E-state index in [0.717, 1.165) is 34.9 Å². The predicted molar refractivity (Wildman–Crippen MR) is 81.1 cm³/mol. The van der Waals surface area contributed by atoms with Crippen LogP contribution < -0.4 is 5.73 Å². The first-order valence-electron chi connectivity index (χ1n) is 6.98. The number of aryl methyl sites for hydroxylation is 1. The van der Waals surface area contributed by atoms with E-state index in [1.807, 2.05) is 13.8 Å². The highest BCUT2D eigenvalue weighted by molar-refractivity contribution is 5.91. The van der Waals surface area contributed by atoms with Gasteiger partial charge in [0.25, 0.3) is 0 Å². The molecule has 0 aliphatic heterocycles. The van der Waals surface area contributed by atoms with Crippen molar-refractivity contribution in [2.45, 2.75) is 39.5 Å². The van der Waals surface area contributed by atoms with Crippen molar-refractivity contribution >= 4 is 16.6 Å². The fourth-order valence-corrected chi connectivity index (χ4v) is 3.44. The molecule has 0 fully saturated rings. The Labute approximate surface area is 118 Å². The van der Waals surface area contributed by atoms with Gasteiger partial charge in [0.2, 0.25) is 0 Å². The van der Waals surface area contributed by atoms with E-state index in [0.29, 0.717) is 22.8 Å². The summed E-state index contributed by atoms with van der Waals surface area (Å²) in [4.78, 5) is 4.55. The minimum atomic E-state index is -0.182. The van der Waals surface area contributed by atoms with Crippen LogP contribution in [0.1, 0.15) is 47.2 Å². The van der Waals surface area contributed by atoms with Crippen LogP contribution in [0.25, 0.3) is 16.6 Å². The molecule has 1 aliphatic rings. The van der Waals surface area contributed by atoms with E-state index in [-0.39, 0.29) is 5.82 Å². The predicted octanol–water partition coefficient (Wildman–Crippen LogP) is 3.97. The Hall–Kier alpha value is -1.90. The maximum Gasteiger partial charge on any atom is 0.128 e. The number of hydrogen-bond acceptors (Lipinski definition) is 2. The standard InChI is InChI=1S/C17H19FN2/c1-8-5-6-12-9(2)13(18)7-14-16(12)15(8)10(3)17(20-14)11(4)19/h7-8H,4-6,19H2,1-3H3. The summed E-state index contributed by atoms with van der Waals surface area (Å²) in [5, 5.41) is 1.13. The fourth-order valence-electron chi connectivity index (χ4n) is 3.44. The Morgan fingerprint density at radius 2 is 2.10 bits per heavy atom. The summed E-state index contributed by atoms with van der Waals surface area (Å²) in [7, 11) is 0. The van der Waals surface area contributed by atoms with E-state index < -0.39 is 0 Å². The maximum atomic E-state index is 14.1. The summed E-state index contributed by atoms with van der Waals surface area (Å²) >= 11 is 0. The molecule has 1 aromatic carbocycles. The van der Waals surface area contributed by atoms with Gasteiger partial charge in [0.15, 0.2) is 0 Å². The fraction of sp³-hybridized carbons (Fsp3) is 0.353. The monoisotopic (exact) mass is 270 g/mol. The first-order chi connectivity index (χ1) is 9.41. The van der Waals surface area contributed by atoms with Gasteiger partial charge in [-0.15, -0.1) is 0 Å². The molecule has 1 atom stereocenters. The lowest BCUT2D eigenvalue weighted by Gasteiger charge is -2.27. The van der Waals surface area contributed by atoms with E-state index in [9.17, 15) is 4.39 Å². The van der Waals surface area contributed by atoms with Crippen LogP contribution in [0.4, 0.5) is 4.39 Å². The van der Waals surface area contributed by atoms with Gasteiger partial charge in [-0.1, -0.05) is 13.5 Å². The van der Waals surface area contributed by atoms with Gasteiger partial charge in [-0.3, -0.25) is 0 Å². The van der Waals surface area contributed by atoms with Gasteiger partial charge in [0.1, 0.15) is 5.82 Å². The molecule has 2 nitrogen and oxygen atoms in total. The zero-order valence-corrected chi connectivity index (χ0v) is 12.2. The molecule has 20 heavy (non-hydrogen) atoms. The van der Waals surface area contributed by atoms with Crippen LogP contribution >= 0.6 is 0 Å². The van der Waals surface area contributed by atoms with Gasteiger partial charge < -0.3 is 5.73 Å². The molecule has 0 saturated carbocycles. The van der Waals surface area contributed by atoms with Crippen molar-refractivity contribution in [1.29, 1.82) is 0 Å². The Morgan fingerprint density at radius 1 is 1.40 bits per heavy atom. The molecule has 0 radical (unpaired) electrons. The van der Waals surface area contributed by atoms with Gasteiger partial charge >= 0.3 is 0 Å². The van der Waals surface area contributed by atoms with Crippen LogP contribution in [-0.4, -0.2) is 4.98 Å². The molecule has 3 heteroatoms. The third-order valence-electron chi connectivity index (χ3n) is 4.52. The van der Waals surface area contributed by atoms with Gasteiger partial charge in [-0.2, -0.15) is 0 Å². The Bertz CT molecular complexity index is 747. The Balaban J connectivity index is 2.53. The Kier molecular flexibility index (Phi) is 2.82. The number of hydrogen-bond donors (Lipinski definition) is 1. The van der Waals surface area contributed by atoms with Crippen molar-refractivity contribution in [2.24, 2.45) is 5.73 Å². The van der Waals surface area contributed by atoms with E-state index >= 15 is 0 Å². The number of rotatable bonds is 1. The first-order valence-corrected chi connectivity index (χ1v) is 6.98. The highest BCUT2D eigenvalue weighted by atomic mass is 19.1. The molecular formula is C17H19FN2. The molecular weight excluding hydrogens is 251 g/mol. The van der Waals surface area contributed by atoms with Crippen LogP contribution in [-0.2, 0) is 6.42 Å². The molecule has 2 aromatic rings. The van der Waals surface area contributed by atoms with Crippen molar-refractivity contribution in [1.82, 2.24) is 4.98 Å². The van der Waals surface area contributed by atoms with Crippen LogP contribution in [0.2, 0.25) is 0 Å². The van der Waals surface area contributed by atoms with Crippen molar-refractivity contribution in [3.05, 3.63) is 46.4 Å². The summed E-state index contributed by atoms with van der Waals surface area (Å²) in [6.45, 7) is 9.91. The molecule has 1 heterocycles. The zero-order valence-electron chi connectivity index (χ0n) is 12.2. The van der Waals surface area contributed by atoms with Crippen LogP contribution in [0.5, 0.6) is 0 Å². The maximum absolute atomic E-state index is 14.1. The summed E-state index contributed by atoms with van der Waals surface area (Å²) in [5.74, 6) is 0.258. The van der Waals surface area contributed by atoms with Crippen molar-refractivity contribution in [3.63, 3.8) is 0 Å². The summed E-state index contributed by atoms with van der Waals surface area (Å²) in [5.41, 5.74) is 11.9. The third kappa shape index (κ3) is 1.65. The van der Waals surface area contributed by atoms with Gasteiger partial charge in [-0.05, 0) is 54.9 Å². The smallest absolute Gasteiger partial charge is 0.128 e. The summed E-state index contributed by atoms with van der Waals surface area (Å²) < 4.78 is 14.1. The average Bonchev–Trinajstić information content (AvgIpc) is 2.39. The van der Waals surface area contributed by atoms with Crippen LogP contribution in [0.3, 0.4) is 0 Å². The second kappa shape index (κ2) is 4.30. The van der Waals surface area contributed by atoms with Gasteiger partial charge in [0.05, 0.1) is 16.9 Å². The minimum absolute atomic E-state index is 0.182. The number of nitrogens with two attached hydrogens (primary N) is 1. The topological polar surface area (TPSA) is 38.9 Å². The number of benzene rings is 1. The van der Waals surface area contributed by atoms with Crippen LogP contribution in [0, 0.1) is 19.7 Å². The lowest BCUT2D eigenvalue weighted by Crippen LogP contribution is -2.14. The lowest BCUT2D eigenvalue weighted by atomic mass is 9.79. The second-order valence-electron chi connectivity index (χ2n) is 5.82. The largest absolute Gasteiger partial charge is 0.397 e. The second-order valence-corrected chi connectivity index (χ2v) is 5.82. The molecule has 3 rings (SSSR count). The molecule has 0 saturated heterocycles. The normalized spacial score (nSPS) is 17.5. The van der Waals surface area contributed by atoms with E-state index in [4.69, 9.17) is 5.73 Å². The molecule has 0 spiro atoms. The minimum Gasteiger partial charge on any atom is -0.397 e. The van der Waals surface area contributed by atoms with Gasteiger partial charge in [0, 0.05) is 11.5 Å². The van der Waals surface area contributed by atoms with Crippen molar-refractivity contribution < 1.29 is 4.39 Å². The number of nitrogens with zero attached hydrogens (tertiary/aromatic N) is 1. The number of aromatic nitrogens is 1. The molecule has 1 aliphatic carbocycles. The molecule has 2 N–H and O–H groups in total. The van der Waals surface area contributed by atoms with Crippen molar-refractivity contribution in [3.8, 4) is 0 Å². The molecule has 104 valence electrons. The zero-order chi connectivity index (χ0) is 14.6. The highest BCUT2D eigenvalue weighted by Gasteiger charge is 2.25. The van der Waals surface area contributed by atoms with Gasteiger partial charge in [-0.25, -0.2) is 9.37 Å². The van der Waals surface area contributed by atoms with Crippen LogP contribution in [0.15, 0.2) is 12.6 Å². The van der Waals surface area contributed by atoms with E-state index in [2.05, 4.69) is 18.5 Å². The number of halogens is 1. The summed E-state index contributed by atoms with van der Waals surface area (Å²) in [6, 6.07) is 1.53. The quantitative estimate of drug-likeness (QED) is 0.851. The average molecular weight is 270 g/mol. The Morgan fingerprint density at radius 3 is 2.75 bits per heavy atom.